The second-order valence-electron chi connectivity index (χ2n) is 7.06. The number of ether oxygens (including phenoxy) is 1. The van der Waals surface area contributed by atoms with Crippen LogP contribution in [0.25, 0.3) is 10.9 Å². The second-order valence-corrected chi connectivity index (χ2v) is 7.06. The number of hydrogen-bond acceptors (Lipinski definition) is 2. The number of aromatic nitrogens is 1. The minimum absolute atomic E-state index is 0.0708. The van der Waals surface area contributed by atoms with Crippen LogP contribution in [0.1, 0.15) is 46.6 Å². The summed E-state index contributed by atoms with van der Waals surface area (Å²) in [5.74, 6) is 0.761. The van der Waals surface area contributed by atoms with E-state index in [1.807, 2.05) is 45.9 Å². The summed E-state index contributed by atoms with van der Waals surface area (Å²) < 4.78 is 7.72. The van der Waals surface area contributed by atoms with E-state index in [2.05, 4.69) is 35.9 Å². The number of amides is 1. The molecule has 27 heavy (non-hydrogen) atoms. The summed E-state index contributed by atoms with van der Waals surface area (Å²) in [4.78, 5) is 13.2. The van der Waals surface area contributed by atoms with Crippen molar-refractivity contribution >= 4 is 22.5 Å². The van der Waals surface area contributed by atoms with E-state index >= 15 is 0 Å². The van der Waals surface area contributed by atoms with Crippen LogP contribution in [-0.4, -0.2) is 17.1 Å². The fourth-order valence-electron chi connectivity index (χ4n) is 3.93. The van der Waals surface area contributed by atoms with E-state index in [9.17, 15) is 4.79 Å². The SMILES string of the molecule is CCOc1ccc2c(c1)c(C)c(C(=O)Nc1c(C)cc(C)cc1C)n2CC. The molecule has 1 N–H and O–H groups in total. The maximum atomic E-state index is 13.2. The number of anilines is 1. The van der Waals surface area contributed by atoms with Crippen molar-refractivity contribution in [3.05, 3.63) is 58.3 Å². The molecule has 0 radical (unpaired) electrons. The third-order valence-electron chi connectivity index (χ3n) is 5.05. The van der Waals surface area contributed by atoms with Gasteiger partial charge in [0.15, 0.2) is 0 Å². The lowest BCUT2D eigenvalue weighted by Gasteiger charge is -2.14. The highest BCUT2D eigenvalue weighted by atomic mass is 16.5. The average Bonchev–Trinajstić information content (AvgIpc) is 2.90. The summed E-state index contributed by atoms with van der Waals surface area (Å²) in [5.41, 5.74) is 7.00. The van der Waals surface area contributed by atoms with Crippen LogP contribution < -0.4 is 10.1 Å². The molecule has 0 atom stereocenters. The van der Waals surface area contributed by atoms with Gasteiger partial charge >= 0.3 is 0 Å². The first kappa shape index (κ1) is 19.0. The van der Waals surface area contributed by atoms with Crippen molar-refractivity contribution in [1.82, 2.24) is 4.57 Å². The van der Waals surface area contributed by atoms with Crippen LogP contribution in [0.15, 0.2) is 30.3 Å². The highest BCUT2D eigenvalue weighted by Crippen LogP contribution is 2.30. The van der Waals surface area contributed by atoms with Crippen LogP contribution in [0.2, 0.25) is 0 Å². The number of aryl methyl sites for hydroxylation is 5. The van der Waals surface area contributed by atoms with Gasteiger partial charge in [0.2, 0.25) is 0 Å². The molecule has 1 heterocycles. The first-order valence-electron chi connectivity index (χ1n) is 9.52. The van der Waals surface area contributed by atoms with Crippen molar-refractivity contribution in [2.45, 2.75) is 48.1 Å². The molecule has 0 saturated carbocycles. The molecule has 3 aromatic rings. The average molecular weight is 364 g/mol. The van der Waals surface area contributed by atoms with Crippen molar-refractivity contribution in [3.8, 4) is 5.75 Å². The molecule has 0 aliphatic rings. The summed E-state index contributed by atoms with van der Waals surface area (Å²) >= 11 is 0. The molecule has 3 rings (SSSR count). The summed E-state index contributed by atoms with van der Waals surface area (Å²) in [7, 11) is 0. The molecule has 0 spiro atoms. The van der Waals surface area contributed by atoms with E-state index in [1.165, 1.54) is 5.56 Å². The largest absolute Gasteiger partial charge is 0.494 e. The molecule has 4 nitrogen and oxygen atoms in total. The molecule has 0 aliphatic heterocycles. The maximum absolute atomic E-state index is 13.2. The van der Waals surface area contributed by atoms with Gasteiger partial charge in [-0.2, -0.15) is 0 Å². The lowest BCUT2D eigenvalue weighted by molar-refractivity contribution is 0.101. The van der Waals surface area contributed by atoms with Crippen LogP contribution in [-0.2, 0) is 6.54 Å². The van der Waals surface area contributed by atoms with Gasteiger partial charge in [0.25, 0.3) is 5.91 Å². The van der Waals surface area contributed by atoms with Gasteiger partial charge in [0, 0.05) is 23.1 Å². The van der Waals surface area contributed by atoms with E-state index in [-0.39, 0.29) is 5.91 Å². The number of hydrogen-bond donors (Lipinski definition) is 1. The van der Waals surface area contributed by atoms with Gasteiger partial charge in [-0.05, 0) is 76.4 Å². The third kappa shape index (κ3) is 3.44. The Kier molecular flexibility index (Phi) is 5.26. The Labute approximate surface area is 161 Å². The molecular formula is C23H28N2O2. The Morgan fingerprint density at radius 1 is 1.04 bits per heavy atom. The molecule has 142 valence electrons. The first-order chi connectivity index (χ1) is 12.9. The Morgan fingerprint density at radius 3 is 2.30 bits per heavy atom. The number of nitrogens with one attached hydrogen (secondary N) is 1. The summed E-state index contributed by atoms with van der Waals surface area (Å²) in [5, 5.41) is 4.21. The monoisotopic (exact) mass is 364 g/mol. The topological polar surface area (TPSA) is 43.3 Å². The normalized spacial score (nSPS) is 11.0. The molecular weight excluding hydrogens is 336 g/mol. The lowest BCUT2D eigenvalue weighted by Crippen LogP contribution is -2.19. The number of rotatable bonds is 5. The summed E-state index contributed by atoms with van der Waals surface area (Å²) in [6.45, 7) is 13.5. The summed E-state index contributed by atoms with van der Waals surface area (Å²) in [6.07, 6.45) is 0. The number of fused-ring (bicyclic) bond motifs is 1. The minimum Gasteiger partial charge on any atom is -0.494 e. The van der Waals surface area contributed by atoms with Crippen LogP contribution >= 0.6 is 0 Å². The maximum Gasteiger partial charge on any atom is 0.272 e. The number of carbonyl (C=O) groups excluding carboxylic acids is 1. The Balaban J connectivity index is 2.08. The zero-order valence-electron chi connectivity index (χ0n) is 17.1. The smallest absolute Gasteiger partial charge is 0.272 e. The predicted octanol–water partition coefficient (Wildman–Crippen LogP) is 5.55. The van der Waals surface area contributed by atoms with Crippen molar-refractivity contribution in [2.75, 3.05) is 11.9 Å². The Hall–Kier alpha value is -2.75. The van der Waals surface area contributed by atoms with Crippen LogP contribution in [0, 0.1) is 27.7 Å². The van der Waals surface area contributed by atoms with E-state index in [0.717, 1.165) is 45.6 Å². The van der Waals surface area contributed by atoms with Crippen LogP contribution in [0.4, 0.5) is 5.69 Å². The van der Waals surface area contributed by atoms with Crippen LogP contribution in [0.3, 0.4) is 0 Å². The number of carbonyl (C=O) groups is 1. The van der Waals surface area contributed by atoms with E-state index < -0.39 is 0 Å². The third-order valence-corrected chi connectivity index (χ3v) is 5.05. The molecule has 4 heteroatoms. The molecule has 1 amide bonds. The minimum atomic E-state index is -0.0708. The first-order valence-corrected chi connectivity index (χ1v) is 9.52. The highest BCUT2D eigenvalue weighted by molar-refractivity contribution is 6.09. The zero-order chi connectivity index (χ0) is 19.7. The number of nitrogens with zero attached hydrogens (tertiary/aromatic N) is 1. The highest BCUT2D eigenvalue weighted by Gasteiger charge is 2.21. The van der Waals surface area contributed by atoms with E-state index in [1.54, 1.807) is 0 Å². The van der Waals surface area contributed by atoms with Crippen molar-refractivity contribution in [1.29, 1.82) is 0 Å². The Morgan fingerprint density at radius 2 is 1.70 bits per heavy atom. The van der Waals surface area contributed by atoms with Gasteiger partial charge in [0.05, 0.1) is 6.61 Å². The quantitative estimate of drug-likeness (QED) is 0.645. The lowest BCUT2D eigenvalue weighted by atomic mass is 10.0. The van der Waals surface area contributed by atoms with Gasteiger partial charge in [-0.15, -0.1) is 0 Å². The molecule has 2 aromatic carbocycles. The second kappa shape index (κ2) is 7.47. The molecule has 0 unspecified atom stereocenters. The van der Waals surface area contributed by atoms with Gasteiger partial charge in [-0.25, -0.2) is 0 Å². The van der Waals surface area contributed by atoms with Crippen molar-refractivity contribution in [3.63, 3.8) is 0 Å². The molecule has 0 fully saturated rings. The fourth-order valence-corrected chi connectivity index (χ4v) is 3.93. The zero-order valence-corrected chi connectivity index (χ0v) is 17.1. The number of benzene rings is 2. The van der Waals surface area contributed by atoms with Crippen LogP contribution in [0.5, 0.6) is 5.75 Å². The molecule has 0 aliphatic carbocycles. The van der Waals surface area contributed by atoms with Gasteiger partial charge in [0.1, 0.15) is 11.4 Å². The van der Waals surface area contributed by atoms with E-state index in [4.69, 9.17) is 4.74 Å². The van der Waals surface area contributed by atoms with E-state index in [0.29, 0.717) is 12.3 Å². The molecule has 1 aromatic heterocycles. The Bertz CT molecular complexity index is 992. The van der Waals surface area contributed by atoms with Gasteiger partial charge in [-0.1, -0.05) is 17.7 Å². The predicted molar refractivity (Wildman–Crippen MR) is 112 cm³/mol. The fraction of sp³-hybridized carbons (Fsp3) is 0.348. The van der Waals surface area contributed by atoms with Gasteiger partial charge < -0.3 is 14.6 Å². The van der Waals surface area contributed by atoms with Gasteiger partial charge in [-0.3, -0.25) is 4.79 Å². The molecule has 0 bridgehead atoms. The standard InChI is InChI=1S/C23H28N2O2/c1-7-25-20-10-9-18(27-8-2)13-19(20)17(6)22(25)23(26)24-21-15(4)11-14(3)12-16(21)5/h9-13H,7-8H2,1-6H3,(H,24,26). The van der Waals surface area contributed by atoms with Crippen molar-refractivity contribution in [2.24, 2.45) is 0 Å². The van der Waals surface area contributed by atoms with Crippen molar-refractivity contribution < 1.29 is 9.53 Å². The summed E-state index contributed by atoms with van der Waals surface area (Å²) in [6, 6.07) is 10.2. The molecule has 0 saturated heterocycles.